The number of hydrogen-bond acceptors (Lipinski definition) is 8. The number of carbonyl (C=O) groups is 1. The molecule has 36 heavy (non-hydrogen) atoms. The Morgan fingerprint density at radius 1 is 1.17 bits per heavy atom. The molecule has 2 fully saturated rings. The first-order valence-electron chi connectivity index (χ1n) is 12.0. The van der Waals surface area contributed by atoms with E-state index in [0.29, 0.717) is 19.7 Å². The van der Waals surface area contributed by atoms with E-state index in [1.54, 1.807) is 12.1 Å². The number of benzene rings is 1. The maximum Gasteiger partial charge on any atom is 0.249 e. The van der Waals surface area contributed by atoms with Gasteiger partial charge in [0.25, 0.3) is 0 Å². The summed E-state index contributed by atoms with van der Waals surface area (Å²) in [5.41, 5.74) is 3.36. The fraction of sp³-hybridized carbons (Fsp3) is 0.360. The van der Waals surface area contributed by atoms with Crippen molar-refractivity contribution < 1.29 is 13.9 Å². The fourth-order valence-electron chi connectivity index (χ4n) is 4.86. The number of piperazine rings is 1. The van der Waals surface area contributed by atoms with Gasteiger partial charge in [0.1, 0.15) is 18.2 Å². The first kappa shape index (κ1) is 22.9. The van der Waals surface area contributed by atoms with Gasteiger partial charge in [0.05, 0.1) is 24.0 Å². The Labute approximate surface area is 211 Å². The van der Waals surface area contributed by atoms with Gasteiger partial charge in [-0.05, 0) is 42.8 Å². The van der Waals surface area contributed by atoms with E-state index in [-0.39, 0.29) is 24.4 Å². The first-order chi connectivity index (χ1) is 17.5. The number of imidazole rings is 1. The number of nitrogens with zero attached hydrogens (tertiary/aromatic N) is 7. The quantitative estimate of drug-likeness (QED) is 0.410. The molecule has 4 aromatic rings. The smallest absolute Gasteiger partial charge is 0.249 e. The van der Waals surface area contributed by atoms with Gasteiger partial charge in [0.2, 0.25) is 5.91 Å². The lowest BCUT2D eigenvalue weighted by molar-refractivity contribution is -0.148. The average Bonchev–Trinajstić information content (AvgIpc) is 3.53. The number of aromatic nitrogens is 4. The second kappa shape index (κ2) is 9.14. The number of morpholine rings is 1. The predicted octanol–water partition coefficient (Wildman–Crippen LogP) is 3.37. The zero-order chi connectivity index (χ0) is 24.8. The summed E-state index contributed by atoms with van der Waals surface area (Å²) in [5, 5.41) is 7.74. The molecule has 2 saturated heterocycles. The van der Waals surface area contributed by atoms with Crippen molar-refractivity contribution in [2.24, 2.45) is 0 Å². The summed E-state index contributed by atoms with van der Waals surface area (Å²) < 4.78 is 20.7. The molecular weight excluding hydrogens is 481 g/mol. The second-order valence-electron chi connectivity index (χ2n) is 8.98. The third-order valence-electron chi connectivity index (χ3n) is 6.74. The van der Waals surface area contributed by atoms with E-state index in [1.165, 1.54) is 23.5 Å². The van der Waals surface area contributed by atoms with Crippen LogP contribution in [0.25, 0.3) is 16.9 Å². The van der Waals surface area contributed by atoms with Crippen LogP contribution in [0, 0.1) is 5.82 Å². The molecule has 0 N–H and O–H groups in total. The highest BCUT2D eigenvalue weighted by molar-refractivity contribution is 7.14. The highest BCUT2D eigenvalue weighted by atomic mass is 32.1. The molecule has 0 aliphatic carbocycles. The molecule has 0 saturated carbocycles. The fourth-order valence-corrected chi connectivity index (χ4v) is 5.66. The summed E-state index contributed by atoms with van der Waals surface area (Å²) in [6.07, 6.45) is 0.745. The normalized spacial score (nSPS) is 18.1. The van der Waals surface area contributed by atoms with Crippen molar-refractivity contribution >= 4 is 39.7 Å². The van der Waals surface area contributed by atoms with Crippen LogP contribution in [0.1, 0.15) is 12.6 Å². The van der Waals surface area contributed by atoms with Crippen LogP contribution in [-0.4, -0.2) is 76.3 Å². The van der Waals surface area contributed by atoms with E-state index >= 15 is 0 Å². The van der Waals surface area contributed by atoms with Gasteiger partial charge in [-0.3, -0.25) is 4.79 Å². The standard InChI is InChI=1S/C25H26FN7O2S/c1-3-19-24(30(2)25-28-20(15-36-25)16-4-6-17(26)7-5-16)33-21(27-19)8-9-22(29-33)31-10-11-32-18(12-31)13-35-14-23(32)34/h4-9,15,18H,3,10-14H2,1-2H3/t18-/m0/s1. The van der Waals surface area contributed by atoms with Crippen molar-refractivity contribution in [3.05, 3.63) is 53.3 Å². The van der Waals surface area contributed by atoms with Crippen molar-refractivity contribution in [2.45, 2.75) is 19.4 Å². The van der Waals surface area contributed by atoms with E-state index in [9.17, 15) is 9.18 Å². The number of amides is 1. The predicted molar refractivity (Wildman–Crippen MR) is 136 cm³/mol. The van der Waals surface area contributed by atoms with Gasteiger partial charge >= 0.3 is 0 Å². The van der Waals surface area contributed by atoms with E-state index in [1.807, 2.05) is 38.9 Å². The summed E-state index contributed by atoms with van der Waals surface area (Å²) in [6.45, 7) is 4.85. The molecule has 0 spiro atoms. The molecule has 0 unspecified atom stereocenters. The van der Waals surface area contributed by atoms with Gasteiger partial charge in [-0.15, -0.1) is 16.4 Å². The molecule has 9 nitrogen and oxygen atoms in total. The molecule has 1 amide bonds. The Morgan fingerprint density at radius 2 is 2.00 bits per heavy atom. The molecular formula is C25H26FN7O2S. The minimum Gasteiger partial charge on any atom is -0.369 e. The number of carbonyl (C=O) groups excluding carboxylic acids is 1. The number of fused-ring (bicyclic) bond motifs is 2. The van der Waals surface area contributed by atoms with E-state index in [2.05, 4.69) is 11.8 Å². The molecule has 0 bridgehead atoms. The Morgan fingerprint density at radius 3 is 2.81 bits per heavy atom. The largest absolute Gasteiger partial charge is 0.369 e. The van der Waals surface area contributed by atoms with Crippen LogP contribution in [-0.2, 0) is 16.0 Å². The molecule has 2 aliphatic rings. The van der Waals surface area contributed by atoms with Gasteiger partial charge in [-0.1, -0.05) is 6.92 Å². The number of hydrogen-bond donors (Lipinski definition) is 0. The van der Waals surface area contributed by atoms with Crippen LogP contribution < -0.4 is 9.80 Å². The van der Waals surface area contributed by atoms with Crippen molar-refractivity contribution in [3.63, 3.8) is 0 Å². The highest BCUT2D eigenvalue weighted by Crippen LogP contribution is 2.34. The third kappa shape index (κ3) is 3.97. The Balaban J connectivity index is 1.32. The molecule has 1 atom stereocenters. The van der Waals surface area contributed by atoms with Crippen molar-refractivity contribution in [3.8, 4) is 11.3 Å². The zero-order valence-corrected chi connectivity index (χ0v) is 20.9. The lowest BCUT2D eigenvalue weighted by Gasteiger charge is -2.43. The van der Waals surface area contributed by atoms with E-state index in [4.69, 9.17) is 19.8 Å². The lowest BCUT2D eigenvalue weighted by atomic mass is 10.1. The minimum atomic E-state index is -0.268. The van der Waals surface area contributed by atoms with Crippen molar-refractivity contribution in [1.29, 1.82) is 0 Å². The van der Waals surface area contributed by atoms with Gasteiger partial charge in [-0.2, -0.15) is 4.52 Å². The summed E-state index contributed by atoms with van der Waals surface area (Å²) in [5.74, 6) is 1.49. The van der Waals surface area contributed by atoms with Crippen molar-refractivity contribution in [2.75, 3.05) is 49.7 Å². The van der Waals surface area contributed by atoms with Crippen LogP contribution in [0.2, 0.25) is 0 Å². The van der Waals surface area contributed by atoms with Gasteiger partial charge < -0.3 is 19.4 Å². The summed E-state index contributed by atoms with van der Waals surface area (Å²) >= 11 is 1.52. The molecule has 0 radical (unpaired) electrons. The molecule has 11 heteroatoms. The summed E-state index contributed by atoms with van der Waals surface area (Å²) in [7, 11) is 1.97. The number of rotatable bonds is 5. The average molecular weight is 508 g/mol. The van der Waals surface area contributed by atoms with Crippen molar-refractivity contribution in [1.82, 2.24) is 24.5 Å². The molecule has 3 aromatic heterocycles. The number of anilines is 3. The maximum atomic E-state index is 13.4. The van der Waals surface area contributed by atoms with Gasteiger partial charge in [0.15, 0.2) is 16.6 Å². The molecule has 6 rings (SSSR count). The van der Waals surface area contributed by atoms with Gasteiger partial charge in [-0.25, -0.2) is 14.4 Å². The summed E-state index contributed by atoms with van der Waals surface area (Å²) in [4.78, 5) is 27.9. The summed E-state index contributed by atoms with van der Waals surface area (Å²) in [6, 6.07) is 10.4. The van der Waals surface area contributed by atoms with E-state index < -0.39 is 0 Å². The molecule has 186 valence electrons. The topological polar surface area (TPSA) is 79.1 Å². The van der Waals surface area contributed by atoms with Crippen LogP contribution in [0.3, 0.4) is 0 Å². The number of thiazole rings is 1. The zero-order valence-electron chi connectivity index (χ0n) is 20.1. The van der Waals surface area contributed by atoms with Crippen LogP contribution in [0.15, 0.2) is 41.8 Å². The Bertz CT molecular complexity index is 1420. The highest BCUT2D eigenvalue weighted by Gasteiger charge is 2.34. The minimum absolute atomic E-state index is 0.0360. The third-order valence-corrected chi connectivity index (χ3v) is 7.66. The molecule has 1 aromatic carbocycles. The number of halogens is 1. The lowest BCUT2D eigenvalue weighted by Crippen LogP contribution is -2.60. The Hall–Kier alpha value is -3.57. The molecule has 5 heterocycles. The Kier molecular flexibility index (Phi) is 5.81. The number of ether oxygens (including phenoxy) is 1. The first-order valence-corrected chi connectivity index (χ1v) is 12.9. The van der Waals surface area contributed by atoms with Crippen LogP contribution >= 0.6 is 11.3 Å². The number of aryl methyl sites for hydroxylation is 1. The molecule has 2 aliphatic heterocycles. The van der Waals surface area contributed by atoms with E-state index in [0.717, 1.165) is 52.3 Å². The van der Waals surface area contributed by atoms with Gasteiger partial charge in [0, 0.05) is 37.6 Å². The SMILES string of the molecule is CCc1nc2ccc(N3CCN4C(=O)COC[C@@H]4C3)nn2c1N(C)c1nc(-c2ccc(F)cc2)cs1. The van der Waals surface area contributed by atoms with Crippen LogP contribution in [0.5, 0.6) is 0 Å². The monoisotopic (exact) mass is 507 g/mol. The second-order valence-corrected chi connectivity index (χ2v) is 9.82. The maximum absolute atomic E-state index is 13.4. The van der Waals surface area contributed by atoms with Crippen LogP contribution in [0.4, 0.5) is 21.2 Å².